The topological polar surface area (TPSA) is 30.5 Å². The monoisotopic (exact) mass is 355 g/mol. The van der Waals surface area contributed by atoms with Gasteiger partial charge in [-0.05, 0) is 38.8 Å². The molecule has 0 atom stereocenters. The smallest absolute Gasteiger partial charge is 0.167 e. The van der Waals surface area contributed by atoms with E-state index >= 15 is 0 Å². The first-order valence-electron chi connectivity index (χ1n) is 7.87. The lowest BCUT2D eigenvalue weighted by atomic mass is 9.95. The first-order chi connectivity index (χ1) is 10.1. The number of benzene rings is 1. The molecule has 0 bridgehead atoms. The van der Waals surface area contributed by atoms with Crippen molar-refractivity contribution >= 4 is 15.9 Å². The third-order valence-electron chi connectivity index (χ3n) is 3.91. The minimum Gasteiger partial charge on any atom is -0.493 e. The minimum absolute atomic E-state index is 0.127. The summed E-state index contributed by atoms with van der Waals surface area (Å²) in [4.78, 5) is 0. The van der Waals surface area contributed by atoms with Crippen molar-refractivity contribution < 1.29 is 9.47 Å². The van der Waals surface area contributed by atoms with E-state index in [9.17, 15) is 0 Å². The van der Waals surface area contributed by atoms with Gasteiger partial charge in [-0.3, -0.25) is 0 Å². The molecule has 0 unspecified atom stereocenters. The van der Waals surface area contributed by atoms with Crippen LogP contribution in [0.2, 0.25) is 0 Å². The summed E-state index contributed by atoms with van der Waals surface area (Å²) in [5.74, 6) is 1.65. The van der Waals surface area contributed by atoms with E-state index in [0.717, 1.165) is 28.1 Å². The number of hydrogen-bond acceptors (Lipinski definition) is 3. The molecule has 1 aliphatic rings. The van der Waals surface area contributed by atoms with E-state index < -0.39 is 0 Å². The van der Waals surface area contributed by atoms with Crippen LogP contribution in [0.15, 0.2) is 16.6 Å². The Morgan fingerprint density at radius 2 is 1.95 bits per heavy atom. The predicted octanol–water partition coefficient (Wildman–Crippen LogP) is 4.67. The van der Waals surface area contributed by atoms with Gasteiger partial charge in [0.15, 0.2) is 11.5 Å². The van der Waals surface area contributed by atoms with E-state index in [4.69, 9.17) is 9.47 Å². The van der Waals surface area contributed by atoms with Crippen molar-refractivity contribution in [1.82, 2.24) is 5.32 Å². The summed E-state index contributed by atoms with van der Waals surface area (Å²) in [6.07, 6.45) is 6.74. The highest BCUT2D eigenvalue weighted by molar-refractivity contribution is 9.10. The lowest BCUT2D eigenvalue weighted by molar-refractivity contribution is 0.226. The van der Waals surface area contributed by atoms with Crippen LogP contribution in [0.4, 0.5) is 0 Å². The van der Waals surface area contributed by atoms with Crippen LogP contribution in [-0.2, 0) is 6.54 Å². The Balaban J connectivity index is 2.15. The summed E-state index contributed by atoms with van der Waals surface area (Å²) < 4.78 is 12.5. The van der Waals surface area contributed by atoms with E-state index in [0.29, 0.717) is 6.04 Å². The van der Waals surface area contributed by atoms with Crippen LogP contribution in [0.3, 0.4) is 0 Å². The Kier molecular flexibility index (Phi) is 6.37. The van der Waals surface area contributed by atoms with Crippen molar-refractivity contribution in [3.63, 3.8) is 0 Å². The molecule has 1 aliphatic carbocycles. The van der Waals surface area contributed by atoms with Crippen molar-refractivity contribution in [1.29, 1.82) is 0 Å². The Bertz CT molecular complexity index is 456. The fourth-order valence-corrected chi connectivity index (χ4v) is 3.28. The Labute approximate surface area is 136 Å². The molecule has 1 fully saturated rings. The second-order valence-corrected chi connectivity index (χ2v) is 6.79. The van der Waals surface area contributed by atoms with E-state index in [1.54, 1.807) is 7.11 Å². The second-order valence-electron chi connectivity index (χ2n) is 5.94. The van der Waals surface area contributed by atoms with E-state index in [1.807, 2.05) is 26.0 Å². The fourth-order valence-electron chi connectivity index (χ4n) is 2.83. The lowest BCUT2D eigenvalue weighted by Crippen LogP contribution is -2.30. The van der Waals surface area contributed by atoms with Crippen molar-refractivity contribution in [3.8, 4) is 11.5 Å². The molecular formula is C17H26BrNO2. The van der Waals surface area contributed by atoms with E-state index in [-0.39, 0.29) is 6.10 Å². The summed E-state index contributed by atoms with van der Waals surface area (Å²) in [7, 11) is 1.69. The van der Waals surface area contributed by atoms with Gasteiger partial charge in [-0.15, -0.1) is 0 Å². The summed E-state index contributed by atoms with van der Waals surface area (Å²) in [6.45, 7) is 4.89. The molecule has 0 aromatic heterocycles. The molecule has 1 N–H and O–H groups in total. The SMILES string of the molecule is COc1ccc(Br)c(CNC2CCCCC2)c1OC(C)C. The van der Waals surface area contributed by atoms with Crippen LogP contribution in [0.25, 0.3) is 0 Å². The molecule has 0 heterocycles. The molecule has 0 saturated heterocycles. The van der Waals surface area contributed by atoms with Crippen LogP contribution >= 0.6 is 15.9 Å². The number of hydrogen-bond donors (Lipinski definition) is 1. The summed E-state index contributed by atoms with van der Waals surface area (Å²) in [5.41, 5.74) is 1.15. The zero-order chi connectivity index (χ0) is 15.2. The molecule has 1 saturated carbocycles. The molecule has 118 valence electrons. The maximum atomic E-state index is 5.99. The highest BCUT2D eigenvalue weighted by Crippen LogP contribution is 2.37. The molecule has 1 aromatic carbocycles. The van der Waals surface area contributed by atoms with Crippen LogP contribution in [0.1, 0.15) is 51.5 Å². The summed E-state index contributed by atoms with van der Waals surface area (Å²) in [5, 5.41) is 3.68. The highest BCUT2D eigenvalue weighted by atomic mass is 79.9. The van der Waals surface area contributed by atoms with Crippen molar-refractivity contribution in [3.05, 3.63) is 22.2 Å². The predicted molar refractivity (Wildman–Crippen MR) is 90.2 cm³/mol. The van der Waals surface area contributed by atoms with Gasteiger partial charge in [0, 0.05) is 22.6 Å². The van der Waals surface area contributed by atoms with Gasteiger partial charge in [-0.25, -0.2) is 0 Å². The molecule has 2 rings (SSSR count). The van der Waals surface area contributed by atoms with Crippen LogP contribution in [0, 0.1) is 0 Å². The third kappa shape index (κ3) is 4.62. The van der Waals surface area contributed by atoms with Crippen LogP contribution in [0.5, 0.6) is 11.5 Å². The number of methoxy groups -OCH3 is 1. The van der Waals surface area contributed by atoms with Gasteiger partial charge in [-0.2, -0.15) is 0 Å². The minimum atomic E-state index is 0.127. The molecule has 0 spiro atoms. The summed E-state index contributed by atoms with van der Waals surface area (Å²) >= 11 is 3.65. The quantitative estimate of drug-likeness (QED) is 0.804. The first kappa shape index (κ1) is 16.6. The maximum Gasteiger partial charge on any atom is 0.167 e. The largest absolute Gasteiger partial charge is 0.493 e. The summed E-state index contributed by atoms with van der Waals surface area (Å²) in [6, 6.07) is 4.61. The number of ether oxygens (including phenoxy) is 2. The number of nitrogens with one attached hydrogen (secondary N) is 1. The normalized spacial score (nSPS) is 16.2. The molecule has 3 nitrogen and oxygen atoms in total. The van der Waals surface area contributed by atoms with Gasteiger partial charge < -0.3 is 14.8 Å². The van der Waals surface area contributed by atoms with Gasteiger partial charge in [-0.1, -0.05) is 35.2 Å². The van der Waals surface area contributed by atoms with Crippen molar-refractivity contribution in [2.45, 2.75) is 64.6 Å². The lowest BCUT2D eigenvalue weighted by Gasteiger charge is -2.24. The van der Waals surface area contributed by atoms with Crippen LogP contribution in [-0.4, -0.2) is 19.3 Å². The third-order valence-corrected chi connectivity index (χ3v) is 4.66. The Morgan fingerprint density at radius 1 is 1.24 bits per heavy atom. The zero-order valence-corrected chi connectivity index (χ0v) is 14.8. The van der Waals surface area contributed by atoms with Gasteiger partial charge in [0.25, 0.3) is 0 Å². The maximum absolute atomic E-state index is 5.99. The van der Waals surface area contributed by atoms with Gasteiger partial charge in [0.1, 0.15) is 0 Å². The van der Waals surface area contributed by atoms with Crippen LogP contribution < -0.4 is 14.8 Å². The highest BCUT2D eigenvalue weighted by Gasteiger charge is 2.18. The van der Waals surface area contributed by atoms with Gasteiger partial charge in [0.05, 0.1) is 13.2 Å². The number of halogens is 1. The molecule has 21 heavy (non-hydrogen) atoms. The Hall–Kier alpha value is -0.740. The first-order valence-corrected chi connectivity index (χ1v) is 8.66. The fraction of sp³-hybridized carbons (Fsp3) is 0.647. The zero-order valence-electron chi connectivity index (χ0n) is 13.2. The molecular weight excluding hydrogens is 330 g/mol. The molecule has 4 heteroatoms. The number of rotatable bonds is 6. The average molecular weight is 356 g/mol. The molecule has 0 aliphatic heterocycles. The molecule has 0 amide bonds. The molecule has 1 aromatic rings. The van der Waals surface area contributed by atoms with Gasteiger partial charge >= 0.3 is 0 Å². The van der Waals surface area contributed by atoms with Crippen molar-refractivity contribution in [2.75, 3.05) is 7.11 Å². The second kappa shape index (κ2) is 8.04. The standard InChI is InChI=1S/C17H26BrNO2/c1-12(2)21-17-14(15(18)9-10-16(17)20-3)11-19-13-7-5-4-6-8-13/h9-10,12-13,19H,4-8,11H2,1-3H3. The van der Waals surface area contributed by atoms with Gasteiger partial charge in [0.2, 0.25) is 0 Å². The van der Waals surface area contributed by atoms with E-state index in [2.05, 4.69) is 21.2 Å². The molecule has 0 radical (unpaired) electrons. The Morgan fingerprint density at radius 3 is 2.57 bits per heavy atom. The van der Waals surface area contributed by atoms with Crippen molar-refractivity contribution in [2.24, 2.45) is 0 Å². The van der Waals surface area contributed by atoms with E-state index in [1.165, 1.54) is 32.1 Å². The average Bonchev–Trinajstić information content (AvgIpc) is 2.47.